The number of aromatic nitrogens is 5. The van der Waals surface area contributed by atoms with E-state index in [0.29, 0.717) is 6.04 Å². The average molecular weight is 522 g/mol. The molecule has 1 atom stereocenters. The fraction of sp³-hybridized carbons (Fsp3) is 0.286. The topological polar surface area (TPSA) is 59.7 Å². The molecule has 0 N–H and O–H groups in total. The second-order valence-corrected chi connectivity index (χ2v) is 11.0. The number of hydrogen-bond acceptors (Lipinski definition) is 5. The van der Waals surface area contributed by atoms with Gasteiger partial charge in [-0.15, -0.1) is 0 Å². The van der Waals surface area contributed by atoms with Crippen molar-refractivity contribution in [1.82, 2.24) is 29.6 Å². The fourth-order valence-corrected chi connectivity index (χ4v) is 6.16. The molecule has 7 rings (SSSR count). The Morgan fingerprint density at radius 1 is 0.914 bits per heavy atom. The summed E-state index contributed by atoms with van der Waals surface area (Å²) >= 11 is 1.52. The Morgan fingerprint density at radius 2 is 1.74 bits per heavy atom. The van der Waals surface area contributed by atoms with Crippen molar-refractivity contribution in [2.24, 2.45) is 5.92 Å². The van der Waals surface area contributed by atoms with E-state index in [0.717, 1.165) is 54.9 Å². The zero-order valence-corrected chi connectivity index (χ0v) is 21.9. The van der Waals surface area contributed by atoms with Crippen LogP contribution in [-0.2, 0) is 0 Å². The van der Waals surface area contributed by atoms with Crippen LogP contribution < -0.4 is 4.48 Å². The predicted octanol–water partition coefficient (Wildman–Crippen LogP) is 3.62. The monoisotopic (exact) mass is 522 g/mol. The third-order valence-corrected chi connectivity index (χ3v) is 8.49. The third-order valence-electron chi connectivity index (χ3n) is 7.57. The Morgan fingerprint density at radius 3 is 2.54 bits per heavy atom. The van der Waals surface area contributed by atoms with Gasteiger partial charge in [0, 0.05) is 0 Å². The van der Waals surface area contributed by atoms with E-state index in [-0.39, 0.29) is 0 Å². The van der Waals surface area contributed by atoms with Crippen LogP contribution in [0.3, 0.4) is 0 Å². The van der Waals surface area contributed by atoms with Gasteiger partial charge in [-0.2, -0.15) is 0 Å². The molecule has 2 fully saturated rings. The molecule has 174 valence electrons. The maximum atomic E-state index is 5.16. The van der Waals surface area contributed by atoms with Crippen LogP contribution in [0.15, 0.2) is 67.0 Å². The van der Waals surface area contributed by atoms with Gasteiger partial charge in [0.2, 0.25) is 0 Å². The Labute approximate surface area is 212 Å². The fourth-order valence-electron chi connectivity index (χ4n) is 5.46. The van der Waals surface area contributed by atoms with E-state index in [1.807, 2.05) is 6.07 Å². The molecule has 35 heavy (non-hydrogen) atoms. The molecule has 1 unspecified atom stereocenters. The summed E-state index contributed by atoms with van der Waals surface area (Å²) in [5.74, 6) is 0.774. The van der Waals surface area contributed by atoms with Gasteiger partial charge in [0.05, 0.1) is 0 Å². The van der Waals surface area contributed by atoms with Gasteiger partial charge in [-0.1, -0.05) is 0 Å². The molecule has 1 saturated heterocycles. The molecule has 0 spiro atoms. The molecule has 5 aromatic rings. The number of nitrogens with zero attached hydrogens (tertiary/aromatic N) is 6. The van der Waals surface area contributed by atoms with Gasteiger partial charge < -0.3 is 0 Å². The maximum absolute atomic E-state index is 5.16. The van der Waals surface area contributed by atoms with Crippen molar-refractivity contribution >= 4 is 43.3 Å². The van der Waals surface area contributed by atoms with Gasteiger partial charge in [-0.05, 0) is 0 Å². The van der Waals surface area contributed by atoms with Gasteiger partial charge in [0.25, 0.3) is 0 Å². The predicted molar refractivity (Wildman–Crippen MR) is 142 cm³/mol. The number of benzene rings is 2. The molecular weight excluding hydrogens is 495 g/mol. The minimum atomic E-state index is 0.419. The first-order valence-corrected chi connectivity index (χ1v) is 13.6. The van der Waals surface area contributed by atoms with E-state index in [1.165, 1.54) is 55.7 Å². The number of pyridine rings is 1. The number of likely N-dealkylation sites (tertiary alicyclic amines) is 1. The number of hydrogen-bond donors (Lipinski definition) is 0. The van der Waals surface area contributed by atoms with Gasteiger partial charge in [0.15, 0.2) is 0 Å². The molecule has 0 bridgehead atoms. The zero-order chi connectivity index (χ0) is 23.4. The number of rotatable bonds is 5. The second kappa shape index (κ2) is 8.54. The summed E-state index contributed by atoms with van der Waals surface area (Å²) in [6.07, 6.45) is 5.40. The third kappa shape index (κ3) is 3.76. The molecule has 6 nitrogen and oxygen atoms in total. The molecule has 2 aliphatic rings. The average Bonchev–Trinajstić information content (AvgIpc) is 3.22. The first kappa shape index (κ1) is 21.2. The van der Waals surface area contributed by atoms with Gasteiger partial charge in [0.1, 0.15) is 0 Å². The minimum absolute atomic E-state index is 0.419. The van der Waals surface area contributed by atoms with E-state index in [9.17, 15) is 0 Å². The number of fused-ring (bicyclic) bond motifs is 2. The van der Waals surface area contributed by atoms with Crippen LogP contribution in [-0.4, -0.2) is 66.1 Å². The van der Waals surface area contributed by atoms with E-state index >= 15 is 0 Å². The standard InChI is InChI=1S/C28H27AsN6/c29-27-25-26(21-8-7-20-9-10-23(32-24(20)15-21)19-5-2-1-3-6-19)33-35(28(25)31-17-30-27)22-13-18(14-22)16-34-11-4-12-34/h1-3,5-10,15,17-18,22H,4,11-14,16,29H2. The SMILES string of the molecule is [AsH2]c1ncnc2c1c(-c1ccc3ccc(-c4ccccc4)nc3c1)nn2C1CC(CN2CCC2)C1. The van der Waals surface area contributed by atoms with E-state index in [2.05, 4.69) is 69.2 Å². The first-order chi connectivity index (χ1) is 17.2. The van der Waals surface area contributed by atoms with E-state index < -0.39 is 0 Å². The Kier molecular flexibility index (Phi) is 5.18. The summed E-state index contributed by atoms with van der Waals surface area (Å²) in [7, 11) is 0. The molecule has 1 aliphatic carbocycles. The second-order valence-electron chi connectivity index (χ2n) is 9.87. The van der Waals surface area contributed by atoms with Crippen molar-refractivity contribution in [2.45, 2.75) is 25.3 Å². The van der Waals surface area contributed by atoms with Crippen molar-refractivity contribution in [3.05, 3.63) is 67.0 Å². The van der Waals surface area contributed by atoms with Gasteiger partial charge in [-0.25, -0.2) is 0 Å². The van der Waals surface area contributed by atoms with Crippen molar-refractivity contribution in [2.75, 3.05) is 19.6 Å². The summed E-state index contributed by atoms with van der Waals surface area (Å²) in [6.45, 7) is 3.78. The summed E-state index contributed by atoms with van der Waals surface area (Å²) in [6, 6.07) is 21.5. The summed E-state index contributed by atoms with van der Waals surface area (Å²) in [5.41, 5.74) is 6.09. The van der Waals surface area contributed by atoms with Crippen LogP contribution >= 0.6 is 0 Å². The summed E-state index contributed by atoms with van der Waals surface area (Å²) in [5, 5.41) is 7.37. The molecule has 2 aromatic carbocycles. The molecule has 1 saturated carbocycles. The van der Waals surface area contributed by atoms with Gasteiger partial charge >= 0.3 is 213 Å². The molecule has 3 aromatic heterocycles. The van der Waals surface area contributed by atoms with Crippen molar-refractivity contribution in [3.8, 4) is 22.5 Å². The zero-order valence-electron chi connectivity index (χ0n) is 19.5. The van der Waals surface area contributed by atoms with Crippen LogP contribution in [0.4, 0.5) is 0 Å². The summed E-state index contributed by atoms with van der Waals surface area (Å²) < 4.78 is 3.21. The van der Waals surface area contributed by atoms with Gasteiger partial charge in [-0.3, -0.25) is 0 Å². The molecule has 0 amide bonds. The van der Waals surface area contributed by atoms with Crippen LogP contribution in [0.2, 0.25) is 0 Å². The van der Waals surface area contributed by atoms with Crippen LogP contribution in [0.1, 0.15) is 25.3 Å². The molecule has 0 radical (unpaired) electrons. The molecule has 4 heterocycles. The van der Waals surface area contributed by atoms with E-state index in [1.54, 1.807) is 6.33 Å². The normalized spacial score (nSPS) is 20.1. The Hall–Kier alpha value is -3.08. The quantitative estimate of drug-likeness (QED) is 0.330. The van der Waals surface area contributed by atoms with Crippen LogP contribution in [0, 0.1) is 5.92 Å². The Bertz CT molecular complexity index is 1540. The van der Waals surface area contributed by atoms with Crippen LogP contribution in [0.25, 0.3) is 44.5 Å². The first-order valence-electron chi connectivity index (χ1n) is 12.4. The van der Waals surface area contributed by atoms with Crippen molar-refractivity contribution in [3.63, 3.8) is 0 Å². The van der Waals surface area contributed by atoms with E-state index in [4.69, 9.17) is 15.1 Å². The Balaban J connectivity index is 1.27. The molecular formula is C28H27AsN6. The molecule has 1 aliphatic heterocycles. The van der Waals surface area contributed by atoms with Crippen molar-refractivity contribution in [1.29, 1.82) is 0 Å². The van der Waals surface area contributed by atoms with Crippen molar-refractivity contribution < 1.29 is 0 Å². The molecule has 7 heteroatoms. The summed E-state index contributed by atoms with van der Waals surface area (Å²) in [4.78, 5) is 16.8. The van der Waals surface area contributed by atoms with Crippen LogP contribution in [0.5, 0.6) is 0 Å².